The molecule has 1 aliphatic heterocycles. The molecule has 0 aromatic heterocycles. The van der Waals surface area contributed by atoms with E-state index < -0.39 is 16.4 Å². The molecule has 0 saturated carbocycles. The van der Waals surface area contributed by atoms with Crippen LogP contribution in [-0.4, -0.2) is 53.1 Å². The van der Waals surface area contributed by atoms with Gasteiger partial charge in [-0.2, -0.15) is 8.42 Å². The molecule has 0 radical (unpaired) electrons. The van der Waals surface area contributed by atoms with Crippen molar-refractivity contribution in [3.63, 3.8) is 0 Å². The van der Waals surface area contributed by atoms with Crippen molar-refractivity contribution in [3.8, 4) is 0 Å². The van der Waals surface area contributed by atoms with Crippen LogP contribution >= 0.6 is 0 Å². The number of unbranched alkanes of at least 4 members (excludes halogenated alkanes) is 3. The van der Waals surface area contributed by atoms with Crippen molar-refractivity contribution >= 4 is 22.3 Å². The Labute approximate surface area is 142 Å². The molecule has 0 bridgehead atoms. The zero-order valence-electron chi connectivity index (χ0n) is 13.7. The van der Waals surface area contributed by atoms with Crippen LogP contribution in [0, 0.1) is 0 Å². The minimum absolute atomic E-state index is 0. The number of aliphatic carboxylic acids is 1. The quantitative estimate of drug-likeness (QED) is 0.320. The van der Waals surface area contributed by atoms with Gasteiger partial charge < -0.3 is 21.6 Å². The first-order chi connectivity index (χ1) is 10.7. The van der Waals surface area contributed by atoms with E-state index in [1.807, 2.05) is 0 Å². The maximum Gasteiger partial charge on any atom is 0.394 e. The summed E-state index contributed by atoms with van der Waals surface area (Å²) in [6.07, 6.45) is 8.32. The van der Waals surface area contributed by atoms with E-state index in [9.17, 15) is 9.59 Å². The van der Waals surface area contributed by atoms with E-state index >= 15 is 0 Å². The van der Waals surface area contributed by atoms with Gasteiger partial charge in [-0.15, -0.1) is 0 Å². The molecule has 1 heterocycles. The average Bonchev–Trinajstić information content (AvgIpc) is 2.65. The van der Waals surface area contributed by atoms with Gasteiger partial charge in [0.15, 0.2) is 0 Å². The predicted octanol–water partition coefficient (Wildman–Crippen LogP) is 0.179. The van der Waals surface area contributed by atoms with E-state index in [0.29, 0.717) is 13.0 Å². The summed E-state index contributed by atoms with van der Waals surface area (Å²) in [5.74, 6) is -0.477. The van der Waals surface area contributed by atoms with Gasteiger partial charge in [0.05, 0.1) is 0 Å². The van der Waals surface area contributed by atoms with Gasteiger partial charge >= 0.3 is 16.4 Å². The predicted molar refractivity (Wildman–Crippen MR) is 89.0 cm³/mol. The van der Waals surface area contributed by atoms with Gasteiger partial charge in [-0.25, -0.2) is 0 Å². The number of nitrogens with two attached hydrogens (primary N) is 1. The molecule has 0 unspecified atom stereocenters. The fourth-order valence-corrected chi connectivity index (χ4v) is 1.68. The lowest BCUT2D eigenvalue weighted by Gasteiger charge is -1.95. The van der Waals surface area contributed by atoms with Gasteiger partial charge in [-0.1, -0.05) is 19.3 Å². The summed E-state index contributed by atoms with van der Waals surface area (Å²) in [5, 5.41) is 11.1. The van der Waals surface area contributed by atoms with Crippen molar-refractivity contribution in [2.75, 3.05) is 13.1 Å². The smallest absolute Gasteiger partial charge is 0.394 e. The monoisotopic (exact) mass is 374 g/mol. The molecule has 11 heteroatoms. The Morgan fingerprint density at radius 1 is 1.08 bits per heavy atom. The van der Waals surface area contributed by atoms with Gasteiger partial charge in [0, 0.05) is 19.4 Å². The van der Waals surface area contributed by atoms with Crippen molar-refractivity contribution in [1.29, 1.82) is 0 Å². The van der Waals surface area contributed by atoms with E-state index in [1.54, 1.807) is 0 Å². The Balaban J connectivity index is -0.000000284. The van der Waals surface area contributed by atoms with Crippen molar-refractivity contribution in [3.05, 3.63) is 0 Å². The van der Waals surface area contributed by atoms with Gasteiger partial charge in [0.2, 0.25) is 5.91 Å². The van der Waals surface area contributed by atoms with Crippen molar-refractivity contribution in [2.24, 2.45) is 5.73 Å². The van der Waals surface area contributed by atoms with Gasteiger partial charge in [-0.3, -0.25) is 18.7 Å². The molecule has 0 aromatic rings. The lowest BCUT2D eigenvalue weighted by atomic mass is 10.1. The lowest BCUT2D eigenvalue weighted by Crippen LogP contribution is -2.21. The second kappa shape index (κ2) is 18.1. The molecule has 0 aliphatic carbocycles. The highest BCUT2D eigenvalue weighted by Gasteiger charge is 2.03. The zero-order valence-corrected chi connectivity index (χ0v) is 14.6. The maximum absolute atomic E-state index is 10.6. The van der Waals surface area contributed by atoms with Crippen LogP contribution in [0.15, 0.2) is 0 Å². The molecule has 10 nitrogen and oxygen atoms in total. The number of carboxylic acids is 1. The minimum atomic E-state index is -4.67. The summed E-state index contributed by atoms with van der Waals surface area (Å²) in [4.78, 5) is 20.6. The lowest BCUT2D eigenvalue weighted by molar-refractivity contribution is -0.137. The minimum Gasteiger partial charge on any atom is -0.481 e. The third-order valence-corrected chi connectivity index (χ3v) is 2.75. The van der Waals surface area contributed by atoms with Crippen LogP contribution in [0.4, 0.5) is 0 Å². The first-order valence-corrected chi connectivity index (χ1v) is 8.95. The molecule has 0 spiro atoms. The van der Waals surface area contributed by atoms with Crippen LogP contribution in [0.5, 0.6) is 0 Å². The number of carboxylic acid groups (broad SMARTS) is 1. The largest absolute Gasteiger partial charge is 0.481 e. The highest BCUT2D eigenvalue weighted by Crippen LogP contribution is 2.02. The Morgan fingerprint density at radius 2 is 1.62 bits per heavy atom. The Morgan fingerprint density at radius 3 is 2.12 bits per heavy atom. The van der Waals surface area contributed by atoms with Crippen molar-refractivity contribution in [1.82, 2.24) is 5.32 Å². The van der Waals surface area contributed by atoms with Gasteiger partial charge in [0.25, 0.3) is 0 Å². The molecule has 0 aromatic carbocycles. The Bertz CT molecular complexity index is 396. The second-order valence-electron chi connectivity index (χ2n) is 4.96. The van der Waals surface area contributed by atoms with Crippen LogP contribution in [0.2, 0.25) is 0 Å². The number of carbonyl (C=O) groups excluding carboxylic acids is 1. The van der Waals surface area contributed by atoms with Crippen molar-refractivity contribution < 1.29 is 37.7 Å². The molecule has 1 saturated heterocycles. The Hall–Kier alpha value is -1.27. The van der Waals surface area contributed by atoms with E-state index in [1.165, 1.54) is 6.42 Å². The van der Waals surface area contributed by atoms with Crippen LogP contribution in [0.1, 0.15) is 57.8 Å². The average molecular weight is 374 g/mol. The van der Waals surface area contributed by atoms with Crippen LogP contribution in [0.3, 0.4) is 0 Å². The number of hydrogen-bond acceptors (Lipinski definition) is 5. The van der Waals surface area contributed by atoms with Crippen LogP contribution in [0.25, 0.3) is 0 Å². The van der Waals surface area contributed by atoms with E-state index in [4.69, 9.17) is 28.4 Å². The molecule has 1 amide bonds. The normalized spacial score (nSPS) is 13.7. The molecule has 24 heavy (non-hydrogen) atoms. The van der Waals surface area contributed by atoms with Crippen LogP contribution < -0.4 is 11.1 Å². The number of nitrogens with one attached hydrogen (secondary N) is 1. The third kappa shape index (κ3) is 37.2. The van der Waals surface area contributed by atoms with E-state index in [2.05, 4.69) is 5.32 Å². The summed E-state index contributed by atoms with van der Waals surface area (Å²) in [5.41, 5.74) is 5.25. The molecule has 8 N–H and O–H groups in total. The van der Waals surface area contributed by atoms with Crippen LogP contribution in [-0.2, 0) is 20.0 Å². The highest BCUT2D eigenvalue weighted by molar-refractivity contribution is 7.79. The molecular weight excluding hydrogens is 344 g/mol. The molecular formula is C13H30N2O8S. The standard InChI is InChI=1S/C7H15NO2.C6H11NO.H2O4S.H2O/c8-6-4-2-1-3-5-7(9)10;8-6-4-2-1-3-5-7-6;1-5(2,3)4;/h1-6,8H2,(H,9,10);1-5H2,(H,7,8);(H2,1,2,3,4);1H2. The number of rotatable bonds is 6. The number of carbonyl (C=O) groups is 2. The summed E-state index contributed by atoms with van der Waals surface area (Å²) in [6.45, 7) is 1.60. The molecule has 1 rings (SSSR count). The molecule has 0 atom stereocenters. The van der Waals surface area contributed by atoms with E-state index in [-0.39, 0.29) is 11.4 Å². The first kappa shape index (κ1) is 27.6. The first-order valence-electron chi connectivity index (χ1n) is 7.55. The zero-order chi connectivity index (χ0) is 18.1. The summed E-state index contributed by atoms with van der Waals surface area (Å²) in [7, 11) is -4.67. The summed E-state index contributed by atoms with van der Waals surface area (Å²) < 4.78 is 31.6. The fourth-order valence-electron chi connectivity index (χ4n) is 1.68. The number of amides is 1. The number of hydrogen-bond donors (Lipinski definition) is 5. The Kier molecular flexibility index (Phi) is 20.8. The van der Waals surface area contributed by atoms with Crippen molar-refractivity contribution in [2.45, 2.75) is 57.8 Å². The van der Waals surface area contributed by atoms with E-state index in [0.717, 1.165) is 51.5 Å². The topological polar surface area (TPSA) is 199 Å². The van der Waals surface area contributed by atoms with Gasteiger partial charge in [-0.05, 0) is 32.2 Å². The maximum atomic E-state index is 10.6. The molecule has 1 aliphatic rings. The molecule has 1 fully saturated rings. The summed E-state index contributed by atoms with van der Waals surface area (Å²) >= 11 is 0. The third-order valence-electron chi connectivity index (χ3n) is 2.75. The fraction of sp³-hybridized carbons (Fsp3) is 0.846. The summed E-state index contributed by atoms with van der Waals surface area (Å²) in [6, 6.07) is 0. The highest BCUT2D eigenvalue weighted by atomic mass is 32.3. The SMILES string of the molecule is NCCCCCCC(=O)O.O.O=C1CCCCCN1.O=S(=O)(O)O. The van der Waals surface area contributed by atoms with Gasteiger partial charge in [0.1, 0.15) is 0 Å². The second-order valence-corrected chi connectivity index (χ2v) is 5.85. The molecule has 146 valence electrons.